The minimum atomic E-state index is -0.704. The van der Waals surface area contributed by atoms with Crippen molar-refractivity contribution in [2.45, 2.75) is 12.5 Å². The Morgan fingerprint density at radius 2 is 1.83 bits per heavy atom. The van der Waals surface area contributed by atoms with Gasteiger partial charge in [0.25, 0.3) is 0 Å². The summed E-state index contributed by atoms with van der Waals surface area (Å²) in [6.07, 6.45) is -0.732. The summed E-state index contributed by atoms with van der Waals surface area (Å²) < 4.78 is 28.7. The largest absolute Gasteiger partial charge is 0.493 e. The van der Waals surface area contributed by atoms with Crippen molar-refractivity contribution in [2.24, 2.45) is 0 Å². The van der Waals surface area contributed by atoms with Crippen molar-refractivity contribution in [3.63, 3.8) is 0 Å². The number of fused-ring (bicyclic) bond motifs is 1. The minimum absolute atomic E-state index is 0.0279. The van der Waals surface area contributed by atoms with Crippen LogP contribution < -0.4 is 9.47 Å². The molecule has 3 rings (SSSR count). The number of hydrogen-bond acceptors (Lipinski definition) is 5. The van der Waals surface area contributed by atoms with E-state index in [1.807, 2.05) is 0 Å². The number of ketones is 1. The average molecular weight is 330 g/mol. The molecular weight excluding hydrogens is 315 g/mol. The van der Waals surface area contributed by atoms with E-state index in [0.29, 0.717) is 16.9 Å². The van der Waals surface area contributed by atoms with E-state index in [2.05, 4.69) is 0 Å². The Hall–Kier alpha value is -2.89. The highest BCUT2D eigenvalue weighted by Crippen LogP contribution is 2.43. The number of Topliss-reactive ketones (excluding diaryl/α,β-unsaturated/α-hetero) is 1. The second kappa shape index (κ2) is 6.31. The molecule has 0 fully saturated rings. The van der Waals surface area contributed by atoms with Gasteiger partial charge in [-0.15, -0.1) is 0 Å². The van der Waals surface area contributed by atoms with Gasteiger partial charge < -0.3 is 14.2 Å². The third-order valence-corrected chi connectivity index (χ3v) is 3.92. The number of hydrogen-bond donors (Lipinski definition) is 0. The number of carbonyl (C=O) groups is 2. The van der Waals surface area contributed by atoms with Crippen LogP contribution in [0.5, 0.6) is 11.5 Å². The molecule has 1 heterocycles. The first-order valence-corrected chi connectivity index (χ1v) is 7.29. The number of cyclic esters (lactones) is 1. The molecule has 0 saturated carbocycles. The zero-order valence-corrected chi connectivity index (χ0v) is 13.2. The van der Waals surface area contributed by atoms with Gasteiger partial charge in [-0.25, -0.2) is 9.18 Å². The van der Waals surface area contributed by atoms with E-state index in [0.717, 1.165) is 0 Å². The number of carbonyl (C=O) groups excluding carboxylic acids is 2. The van der Waals surface area contributed by atoms with E-state index in [1.54, 1.807) is 12.1 Å². The van der Waals surface area contributed by atoms with E-state index in [9.17, 15) is 14.0 Å². The summed E-state index contributed by atoms with van der Waals surface area (Å²) >= 11 is 0. The first-order valence-electron chi connectivity index (χ1n) is 7.29. The highest BCUT2D eigenvalue weighted by atomic mass is 19.1. The molecule has 24 heavy (non-hydrogen) atoms. The van der Waals surface area contributed by atoms with E-state index in [-0.39, 0.29) is 23.5 Å². The Kier molecular flexibility index (Phi) is 4.20. The lowest BCUT2D eigenvalue weighted by Crippen LogP contribution is -2.07. The molecule has 1 atom stereocenters. The summed E-state index contributed by atoms with van der Waals surface area (Å²) in [5.74, 6) is -0.510. The van der Waals surface area contributed by atoms with Crippen LogP contribution in [0.15, 0.2) is 36.4 Å². The van der Waals surface area contributed by atoms with Gasteiger partial charge in [-0.2, -0.15) is 0 Å². The molecule has 1 aliphatic heterocycles. The molecule has 0 aromatic heterocycles. The maximum Gasteiger partial charge on any atom is 0.343 e. The maximum absolute atomic E-state index is 13.0. The lowest BCUT2D eigenvalue weighted by atomic mass is 9.97. The predicted octanol–water partition coefficient (Wildman–Crippen LogP) is 3.33. The van der Waals surface area contributed by atoms with Gasteiger partial charge in [0, 0.05) is 11.1 Å². The second-order valence-corrected chi connectivity index (χ2v) is 5.29. The Morgan fingerprint density at radius 3 is 2.46 bits per heavy atom. The van der Waals surface area contributed by atoms with Crippen LogP contribution in [0.25, 0.3) is 0 Å². The van der Waals surface area contributed by atoms with Crippen LogP contribution in [0.1, 0.15) is 38.8 Å². The van der Waals surface area contributed by atoms with Gasteiger partial charge in [-0.3, -0.25) is 4.79 Å². The van der Waals surface area contributed by atoms with E-state index < -0.39 is 17.9 Å². The fourth-order valence-corrected chi connectivity index (χ4v) is 2.75. The van der Waals surface area contributed by atoms with Crippen molar-refractivity contribution in [2.75, 3.05) is 14.2 Å². The Balaban J connectivity index is 1.89. The molecule has 6 heteroatoms. The van der Waals surface area contributed by atoms with Crippen LogP contribution in [0.2, 0.25) is 0 Å². The molecule has 1 aliphatic rings. The lowest BCUT2D eigenvalue weighted by molar-refractivity contribution is 0.0365. The monoisotopic (exact) mass is 330 g/mol. The zero-order chi connectivity index (χ0) is 17.3. The molecule has 0 bridgehead atoms. The van der Waals surface area contributed by atoms with Crippen LogP contribution in [0.3, 0.4) is 0 Å². The van der Waals surface area contributed by atoms with Crippen molar-refractivity contribution in [1.82, 2.24) is 0 Å². The van der Waals surface area contributed by atoms with Crippen LogP contribution >= 0.6 is 0 Å². The summed E-state index contributed by atoms with van der Waals surface area (Å²) in [6.45, 7) is 0. The average Bonchev–Trinajstić information content (AvgIpc) is 2.90. The minimum Gasteiger partial charge on any atom is -0.493 e. The number of rotatable bonds is 5. The van der Waals surface area contributed by atoms with Crippen LogP contribution in [-0.4, -0.2) is 26.0 Å². The molecule has 0 N–H and O–H groups in total. The Bertz CT molecular complexity index is 798. The molecule has 0 radical (unpaired) electrons. The van der Waals surface area contributed by atoms with Crippen LogP contribution in [0.4, 0.5) is 4.39 Å². The Morgan fingerprint density at radius 1 is 1.12 bits per heavy atom. The molecule has 124 valence electrons. The Labute approximate surface area is 138 Å². The van der Waals surface area contributed by atoms with Crippen molar-refractivity contribution in [3.05, 3.63) is 58.9 Å². The van der Waals surface area contributed by atoms with Gasteiger partial charge in [0.05, 0.1) is 20.6 Å². The standard InChI is InChI=1S/C18H15FO5/c1-22-14-8-7-12-15(24-18(21)16(12)17(14)23-2)9-13(20)10-3-5-11(19)6-4-10/h3-8,15H,9H2,1-2H3. The number of esters is 1. The fraction of sp³-hybridized carbons (Fsp3) is 0.222. The molecule has 1 unspecified atom stereocenters. The smallest absolute Gasteiger partial charge is 0.343 e. The number of methoxy groups -OCH3 is 2. The third kappa shape index (κ3) is 2.71. The molecule has 5 nitrogen and oxygen atoms in total. The first kappa shape index (κ1) is 16.0. The van der Waals surface area contributed by atoms with E-state index in [4.69, 9.17) is 14.2 Å². The normalized spacial score (nSPS) is 15.6. The summed E-state index contributed by atoms with van der Waals surface area (Å²) in [6, 6.07) is 8.60. The molecule has 0 aliphatic carbocycles. The summed E-state index contributed by atoms with van der Waals surface area (Å²) in [5.41, 5.74) is 1.21. The highest BCUT2D eigenvalue weighted by Gasteiger charge is 2.36. The second-order valence-electron chi connectivity index (χ2n) is 5.29. The fourth-order valence-electron chi connectivity index (χ4n) is 2.75. The van der Waals surface area contributed by atoms with Gasteiger partial charge in [0.1, 0.15) is 17.5 Å². The first-order chi connectivity index (χ1) is 11.5. The van der Waals surface area contributed by atoms with Crippen molar-refractivity contribution in [1.29, 1.82) is 0 Å². The number of ether oxygens (including phenoxy) is 3. The SMILES string of the molecule is COc1ccc2c(c1OC)C(=O)OC2CC(=O)c1ccc(F)cc1. The van der Waals surface area contributed by atoms with Gasteiger partial charge in [0.2, 0.25) is 0 Å². The summed E-state index contributed by atoms with van der Waals surface area (Å²) in [7, 11) is 2.91. The lowest BCUT2D eigenvalue weighted by Gasteiger charge is -2.12. The molecule has 0 spiro atoms. The van der Waals surface area contributed by atoms with Crippen molar-refractivity contribution >= 4 is 11.8 Å². The maximum atomic E-state index is 13.0. The highest BCUT2D eigenvalue weighted by molar-refractivity contribution is 6.00. The number of benzene rings is 2. The molecule has 0 saturated heterocycles. The van der Waals surface area contributed by atoms with Gasteiger partial charge in [0.15, 0.2) is 17.3 Å². The topological polar surface area (TPSA) is 61.8 Å². The van der Waals surface area contributed by atoms with Gasteiger partial charge >= 0.3 is 5.97 Å². The summed E-state index contributed by atoms with van der Waals surface area (Å²) in [5, 5.41) is 0. The van der Waals surface area contributed by atoms with Crippen LogP contribution in [-0.2, 0) is 4.74 Å². The number of halogens is 1. The third-order valence-electron chi connectivity index (χ3n) is 3.92. The molecule has 0 amide bonds. The predicted molar refractivity (Wildman–Crippen MR) is 83.1 cm³/mol. The molecule has 2 aromatic carbocycles. The van der Waals surface area contributed by atoms with Crippen LogP contribution in [0, 0.1) is 5.82 Å². The quantitative estimate of drug-likeness (QED) is 0.621. The molecule has 2 aromatic rings. The summed E-state index contributed by atoms with van der Waals surface area (Å²) in [4.78, 5) is 24.5. The molecular formula is C18H15FO5. The van der Waals surface area contributed by atoms with Gasteiger partial charge in [-0.1, -0.05) is 6.07 Å². The van der Waals surface area contributed by atoms with Gasteiger partial charge in [-0.05, 0) is 30.3 Å². The van der Waals surface area contributed by atoms with E-state index in [1.165, 1.54) is 38.5 Å². The zero-order valence-electron chi connectivity index (χ0n) is 13.2. The van der Waals surface area contributed by atoms with E-state index >= 15 is 0 Å². The van der Waals surface area contributed by atoms with Crippen molar-refractivity contribution in [3.8, 4) is 11.5 Å². The van der Waals surface area contributed by atoms with Crippen molar-refractivity contribution < 1.29 is 28.2 Å².